The Morgan fingerprint density at radius 3 is 2.50 bits per heavy atom. The van der Waals surface area contributed by atoms with Gasteiger partial charge in [-0.3, -0.25) is 0 Å². The second-order valence-corrected chi connectivity index (χ2v) is 5.05. The first kappa shape index (κ1) is 13.2. The molecule has 94 valence electrons. The van der Waals surface area contributed by atoms with Crippen LogP contribution in [0.1, 0.15) is 17.2 Å². The van der Waals surface area contributed by atoms with Crippen molar-refractivity contribution in [2.45, 2.75) is 12.5 Å². The zero-order chi connectivity index (χ0) is 13.0. The summed E-state index contributed by atoms with van der Waals surface area (Å²) in [7, 11) is 1.92. The lowest BCUT2D eigenvalue weighted by Crippen LogP contribution is -2.19. The molecule has 0 aromatic heterocycles. The van der Waals surface area contributed by atoms with Crippen LogP contribution < -0.4 is 5.32 Å². The number of nitrogens with one attached hydrogen (secondary N) is 1. The maximum absolute atomic E-state index is 13.1. The normalized spacial score (nSPS) is 12.4. The minimum absolute atomic E-state index is 0.169. The second kappa shape index (κ2) is 6.12. The van der Waals surface area contributed by atoms with Crippen LogP contribution in [0, 0.1) is 5.82 Å². The summed E-state index contributed by atoms with van der Waals surface area (Å²) < 4.78 is 13.9. The predicted molar refractivity (Wildman–Crippen MR) is 76.0 cm³/mol. The molecular weight excluding hydrogens is 293 g/mol. The summed E-state index contributed by atoms with van der Waals surface area (Å²) in [5.74, 6) is -0.222. The molecule has 0 radical (unpaired) electrons. The van der Waals surface area contributed by atoms with E-state index < -0.39 is 0 Å². The maximum Gasteiger partial charge on any atom is 0.124 e. The molecule has 0 heterocycles. The van der Waals surface area contributed by atoms with E-state index in [2.05, 4.69) is 33.4 Å². The number of rotatable bonds is 4. The number of hydrogen-bond donors (Lipinski definition) is 1. The summed E-state index contributed by atoms with van der Waals surface area (Å²) in [6.45, 7) is 0. The highest BCUT2D eigenvalue weighted by atomic mass is 79.9. The van der Waals surface area contributed by atoms with Crippen molar-refractivity contribution in [3.63, 3.8) is 0 Å². The minimum Gasteiger partial charge on any atom is -0.313 e. The van der Waals surface area contributed by atoms with Gasteiger partial charge in [0.15, 0.2) is 0 Å². The van der Waals surface area contributed by atoms with Crippen LogP contribution in [0.4, 0.5) is 4.39 Å². The van der Waals surface area contributed by atoms with Gasteiger partial charge in [0.05, 0.1) is 0 Å². The van der Waals surface area contributed by atoms with E-state index in [-0.39, 0.29) is 11.9 Å². The first-order chi connectivity index (χ1) is 8.70. The van der Waals surface area contributed by atoms with Gasteiger partial charge >= 0.3 is 0 Å². The van der Waals surface area contributed by atoms with Crippen LogP contribution in [0.15, 0.2) is 53.0 Å². The second-order valence-electron chi connectivity index (χ2n) is 4.20. The lowest BCUT2D eigenvalue weighted by Gasteiger charge is -2.18. The fourth-order valence-electron chi connectivity index (χ4n) is 2.00. The van der Waals surface area contributed by atoms with Crippen molar-refractivity contribution in [1.29, 1.82) is 0 Å². The molecule has 1 unspecified atom stereocenters. The lowest BCUT2D eigenvalue weighted by atomic mass is 9.99. The zero-order valence-electron chi connectivity index (χ0n) is 10.2. The SMILES string of the molecule is CNC(Cc1ccccc1)c1ccc(F)cc1Br. The summed E-state index contributed by atoms with van der Waals surface area (Å²) >= 11 is 3.42. The molecular formula is C15H15BrFN. The van der Waals surface area contributed by atoms with E-state index in [0.29, 0.717) is 0 Å². The molecule has 2 aromatic carbocycles. The Balaban J connectivity index is 2.23. The molecule has 18 heavy (non-hydrogen) atoms. The van der Waals surface area contributed by atoms with E-state index >= 15 is 0 Å². The monoisotopic (exact) mass is 307 g/mol. The third kappa shape index (κ3) is 3.18. The molecule has 0 saturated carbocycles. The molecule has 0 amide bonds. The third-order valence-electron chi connectivity index (χ3n) is 2.97. The van der Waals surface area contributed by atoms with Crippen LogP contribution in [0.25, 0.3) is 0 Å². The Kier molecular flexibility index (Phi) is 4.50. The summed E-state index contributed by atoms with van der Waals surface area (Å²) in [5, 5.41) is 3.27. The van der Waals surface area contributed by atoms with Gasteiger partial charge in [-0.25, -0.2) is 4.39 Å². The van der Waals surface area contributed by atoms with E-state index in [0.717, 1.165) is 16.5 Å². The molecule has 2 rings (SSSR count). The Bertz CT molecular complexity index is 513. The summed E-state index contributed by atoms with van der Waals surface area (Å²) in [5.41, 5.74) is 2.33. The van der Waals surface area contributed by atoms with E-state index in [9.17, 15) is 4.39 Å². The molecule has 0 aliphatic carbocycles. The molecule has 0 saturated heterocycles. The number of likely N-dealkylation sites (N-methyl/N-ethyl adjacent to an activating group) is 1. The summed E-state index contributed by atoms with van der Waals surface area (Å²) in [6.07, 6.45) is 0.877. The van der Waals surface area contributed by atoms with Crippen molar-refractivity contribution in [2.75, 3.05) is 7.05 Å². The molecule has 0 bridgehead atoms. The number of benzene rings is 2. The highest BCUT2D eigenvalue weighted by molar-refractivity contribution is 9.10. The standard InChI is InChI=1S/C15H15BrFN/c1-18-15(9-11-5-3-2-4-6-11)13-8-7-12(17)10-14(13)16/h2-8,10,15,18H,9H2,1H3. The van der Waals surface area contributed by atoms with E-state index in [1.807, 2.05) is 31.3 Å². The summed E-state index contributed by atoms with van der Waals surface area (Å²) in [4.78, 5) is 0. The van der Waals surface area contributed by atoms with Gasteiger partial charge in [0.1, 0.15) is 5.82 Å². The zero-order valence-corrected chi connectivity index (χ0v) is 11.7. The maximum atomic E-state index is 13.1. The quantitative estimate of drug-likeness (QED) is 0.897. The van der Waals surface area contributed by atoms with Crippen LogP contribution in [0.3, 0.4) is 0 Å². The largest absolute Gasteiger partial charge is 0.313 e. The highest BCUT2D eigenvalue weighted by Crippen LogP contribution is 2.26. The van der Waals surface area contributed by atoms with Crippen molar-refractivity contribution in [1.82, 2.24) is 5.32 Å². The van der Waals surface area contributed by atoms with Crippen LogP contribution in [-0.4, -0.2) is 7.05 Å². The van der Waals surface area contributed by atoms with Crippen LogP contribution >= 0.6 is 15.9 Å². The Morgan fingerprint density at radius 2 is 1.89 bits per heavy atom. The van der Waals surface area contributed by atoms with Crippen molar-refractivity contribution in [3.05, 3.63) is 69.9 Å². The van der Waals surface area contributed by atoms with Gasteiger partial charge in [0.2, 0.25) is 0 Å². The topological polar surface area (TPSA) is 12.0 Å². The minimum atomic E-state index is -0.222. The van der Waals surface area contributed by atoms with Gasteiger partial charge in [-0.05, 0) is 36.7 Å². The average molecular weight is 308 g/mol. The van der Waals surface area contributed by atoms with Crippen LogP contribution in [-0.2, 0) is 6.42 Å². The third-order valence-corrected chi connectivity index (χ3v) is 3.66. The molecule has 0 aliphatic heterocycles. The van der Waals surface area contributed by atoms with Gasteiger partial charge in [0.25, 0.3) is 0 Å². The molecule has 1 atom stereocenters. The van der Waals surface area contributed by atoms with Crippen molar-refractivity contribution < 1.29 is 4.39 Å². The van der Waals surface area contributed by atoms with Gasteiger partial charge in [0, 0.05) is 10.5 Å². The van der Waals surface area contributed by atoms with Crippen molar-refractivity contribution in [3.8, 4) is 0 Å². The van der Waals surface area contributed by atoms with Gasteiger partial charge in [-0.2, -0.15) is 0 Å². The Hall–Kier alpha value is -1.19. The summed E-state index contributed by atoms with van der Waals surface area (Å²) in [6, 6.07) is 15.3. The molecule has 2 aromatic rings. The first-order valence-corrected chi connectivity index (χ1v) is 6.66. The van der Waals surface area contributed by atoms with Crippen molar-refractivity contribution in [2.24, 2.45) is 0 Å². The van der Waals surface area contributed by atoms with E-state index in [1.54, 1.807) is 0 Å². The van der Waals surface area contributed by atoms with Crippen LogP contribution in [0.5, 0.6) is 0 Å². The predicted octanol–water partition coefficient (Wildman–Crippen LogP) is 4.09. The fraction of sp³-hybridized carbons (Fsp3) is 0.200. The molecule has 0 aliphatic rings. The van der Waals surface area contributed by atoms with Crippen molar-refractivity contribution >= 4 is 15.9 Å². The van der Waals surface area contributed by atoms with E-state index in [4.69, 9.17) is 0 Å². The average Bonchev–Trinajstić information content (AvgIpc) is 2.38. The molecule has 3 heteroatoms. The molecule has 0 spiro atoms. The smallest absolute Gasteiger partial charge is 0.124 e. The number of hydrogen-bond acceptors (Lipinski definition) is 1. The van der Waals surface area contributed by atoms with Gasteiger partial charge in [-0.15, -0.1) is 0 Å². The number of halogens is 2. The van der Waals surface area contributed by atoms with Gasteiger partial charge in [-0.1, -0.05) is 52.3 Å². The van der Waals surface area contributed by atoms with Crippen LogP contribution in [0.2, 0.25) is 0 Å². The Morgan fingerprint density at radius 1 is 1.17 bits per heavy atom. The lowest BCUT2D eigenvalue weighted by molar-refractivity contribution is 0.583. The Labute approximate surface area is 115 Å². The molecule has 1 N–H and O–H groups in total. The van der Waals surface area contributed by atoms with E-state index in [1.165, 1.54) is 17.7 Å². The molecule has 1 nitrogen and oxygen atoms in total. The highest BCUT2D eigenvalue weighted by Gasteiger charge is 2.13. The van der Waals surface area contributed by atoms with Gasteiger partial charge < -0.3 is 5.32 Å². The fourth-order valence-corrected chi connectivity index (χ4v) is 2.63. The molecule has 0 fully saturated rings. The first-order valence-electron chi connectivity index (χ1n) is 5.87.